The van der Waals surface area contributed by atoms with Crippen LogP contribution in [0, 0.1) is 0 Å². The molecule has 6 nitrogen and oxygen atoms in total. The highest BCUT2D eigenvalue weighted by atomic mass is 35.5. The highest BCUT2D eigenvalue weighted by Gasteiger charge is 2.10. The van der Waals surface area contributed by atoms with Crippen molar-refractivity contribution < 1.29 is 14.3 Å². The van der Waals surface area contributed by atoms with E-state index >= 15 is 0 Å². The summed E-state index contributed by atoms with van der Waals surface area (Å²) in [5.41, 5.74) is 0.662. The molecule has 140 valence electrons. The number of hydrogen-bond donors (Lipinski definition) is 2. The van der Waals surface area contributed by atoms with Crippen molar-refractivity contribution in [2.45, 2.75) is 19.3 Å². The van der Waals surface area contributed by atoms with Crippen molar-refractivity contribution in [3.63, 3.8) is 0 Å². The number of hydrogen-bond acceptors (Lipinski definition) is 5. The average Bonchev–Trinajstić information content (AvgIpc) is 2.62. The normalized spacial score (nSPS) is 14.4. The lowest BCUT2D eigenvalue weighted by molar-refractivity contribution is -0.121. The summed E-state index contributed by atoms with van der Waals surface area (Å²) in [5.74, 6) is 0.814. The van der Waals surface area contributed by atoms with Crippen LogP contribution >= 0.6 is 12.4 Å². The molecule has 1 aromatic carbocycles. The molecule has 0 aliphatic carbocycles. The van der Waals surface area contributed by atoms with E-state index in [1.54, 1.807) is 31.4 Å². The molecule has 1 aliphatic heterocycles. The molecule has 0 unspecified atom stereocenters. The smallest absolute Gasteiger partial charge is 0.220 e. The summed E-state index contributed by atoms with van der Waals surface area (Å²) in [7, 11) is 1.59. The van der Waals surface area contributed by atoms with Crippen molar-refractivity contribution in [3.8, 4) is 5.75 Å². The number of amides is 1. The Morgan fingerprint density at radius 2 is 1.84 bits per heavy atom. The molecule has 1 fully saturated rings. The van der Waals surface area contributed by atoms with Crippen molar-refractivity contribution in [2.75, 3.05) is 46.4 Å². The van der Waals surface area contributed by atoms with Gasteiger partial charge in [0.05, 0.1) is 7.11 Å². The molecule has 2 N–H and O–H groups in total. The summed E-state index contributed by atoms with van der Waals surface area (Å²) in [6, 6.07) is 7.07. The van der Waals surface area contributed by atoms with Crippen LogP contribution in [-0.2, 0) is 4.79 Å². The molecular formula is C18H28ClN3O3. The monoisotopic (exact) mass is 369 g/mol. The second-order valence-electron chi connectivity index (χ2n) is 5.95. The first-order valence-corrected chi connectivity index (χ1v) is 8.56. The lowest BCUT2D eigenvalue weighted by Gasteiger charge is -2.27. The molecule has 0 saturated carbocycles. The summed E-state index contributed by atoms with van der Waals surface area (Å²) in [4.78, 5) is 26.2. The molecule has 0 radical (unpaired) electrons. The third-order valence-electron chi connectivity index (χ3n) is 4.18. The van der Waals surface area contributed by atoms with Gasteiger partial charge in [-0.1, -0.05) is 0 Å². The Morgan fingerprint density at radius 3 is 2.48 bits per heavy atom. The molecule has 0 aromatic heterocycles. The van der Waals surface area contributed by atoms with E-state index in [4.69, 9.17) is 4.74 Å². The van der Waals surface area contributed by atoms with E-state index in [1.165, 1.54) is 0 Å². The fourth-order valence-electron chi connectivity index (χ4n) is 2.71. The number of carbonyl (C=O) groups excluding carboxylic acids is 2. The van der Waals surface area contributed by atoms with Gasteiger partial charge in [-0.25, -0.2) is 0 Å². The molecule has 1 saturated heterocycles. The van der Waals surface area contributed by atoms with Crippen molar-refractivity contribution in [1.29, 1.82) is 0 Å². The van der Waals surface area contributed by atoms with E-state index in [0.717, 1.165) is 38.5 Å². The van der Waals surface area contributed by atoms with Crippen molar-refractivity contribution >= 4 is 24.1 Å². The van der Waals surface area contributed by atoms with Crippen molar-refractivity contribution in [2.24, 2.45) is 0 Å². The highest BCUT2D eigenvalue weighted by Crippen LogP contribution is 2.13. The molecular weight excluding hydrogens is 342 g/mol. The maximum absolute atomic E-state index is 12.1. The number of methoxy groups -OCH3 is 1. The van der Waals surface area contributed by atoms with Gasteiger partial charge in [0.2, 0.25) is 5.91 Å². The first-order valence-electron chi connectivity index (χ1n) is 8.56. The molecule has 1 aliphatic rings. The van der Waals surface area contributed by atoms with E-state index in [9.17, 15) is 9.59 Å². The molecule has 1 amide bonds. The van der Waals surface area contributed by atoms with E-state index in [1.807, 2.05) is 0 Å². The predicted molar refractivity (Wildman–Crippen MR) is 101 cm³/mol. The summed E-state index contributed by atoms with van der Waals surface area (Å²) in [6.07, 6.45) is 1.35. The van der Waals surface area contributed by atoms with E-state index in [2.05, 4.69) is 15.5 Å². The molecule has 1 heterocycles. The first kappa shape index (κ1) is 21.4. The topological polar surface area (TPSA) is 70.7 Å². The number of halogens is 1. The van der Waals surface area contributed by atoms with Crippen LogP contribution in [-0.4, -0.2) is 63.0 Å². The molecule has 2 rings (SSSR count). The Bertz CT molecular complexity index is 531. The Balaban J connectivity index is 0.00000312. The van der Waals surface area contributed by atoms with Crippen LogP contribution < -0.4 is 15.4 Å². The number of piperazine rings is 1. The van der Waals surface area contributed by atoms with Crippen molar-refractivity contribution in [1.82, 2.24) is 15.5 Å². The predicted octanol–water partition coefficient (Wildman–Crippen LogP) is 1.49. The van der Waals surface area contributed by atoms with Gasteiger partial charge in [0, 0.05) is 57.7 Å². The Kier molecular flexibility index (Phi) is 10.1. The fourth-order valence-corrected chi connectivity index (χ4v) is 2.71. The Hall–Kier alpha value is -1.63. The average molecular weight is 370 g/mol. The zero-order valence-electron chi connectivity index (χ0n) is 14.8. The number of nitrogens with one attached hydrogen (secondary N) is 2. The molecule has 0 spiro atoms. The Labute approximate surface area is 155 Å². The highest BCUT2D eigenvalue weighted by molar-refractivity contribution is 5.96. The van der Waals surface area contributed by atoms with Crippen LogP contribution in [0.25, 0.3) is 0 Å². The Morgan fingerprint density at radius 1 is 1.16 bits per heavy atom. The molecule has 25 heavy (non-hydrogen) atoms. The van der Waals surface area contributed by atoms with Gasteiger partial charge in [-0.15, -0.1) is 12.4 Å². The second kappa shape index (κ2) is 11.8. The summed E-state index contributed by atoms with van der Waals surface area (Å²) in [6.45, 7) is 5.66. The van der Waals surface area contributed by atoms with Gasteiger partial charge < -0.3 is 15.4 Å². The standard InChI is InChI=1S/C18H27N3O3.ClH/c1-24-16-7-5-15(6-8-16)17(22)3-2-4-18(23)20-11-14-21-12-9-19-10-13-21;/h5-8,19H,2-4,9-14H2,1H3,(H,20,23);1H. The zero-order chi connectivity index (χ0) is 17.2. The van der Waals surface area contributed by atoms with Crippen molar-refractivity contribution in [3.05, 3.63) is 29.8 Å². The number of ketones is 1. The van der Waals surface area contributed by atoms with Crippen LogP contribution in [0.5, 0.6) is 5.75 Å². The van der Waals surface area contributed by atoms with Gasteiger partial charge in [0.1, 0.15) is 5.75 Å². The number of carbonyl (C=O) groups is 2. The number of rotatable bonds is 9. The van der Waals surface area contributed by atoms with E-state index < -0.39 is 0 Å². The van der Waals surface area contributed by atoms with Crippen LogP contribution in [0.4, 0.5) is 0 Å². The minimum absolute atomic E-state index is 0. The first-order chi connectivity index (χ1) is 11.7. The van der Waals surface area contributed by atoms with E-state index in [-0.39, 0.29) is 24.1 Å². The molecule has 7 heteroatoms. The molecule has 1 aromatic rings. The van der Waals surface area contributed by atoms with Gasteiger partial charge in [-0.05, 0) is 30.7 Å². The quantitative estimate of drug-likeness (QED) is 0.645. The van der Waals surface area contributed by atoms with Crippen LogP contribution in [0.15, 0.2) is 24.3 Å². The number of benzene rings is 1. The van der Waals surface area contributed by atoms with Gasteiger partial charge in [0.25, 0.3) is 0 Å². The number of nitrogens with zero attached hydrogens (tertiary/aromatic N) is 1. The van der Waals surface area contributed by atoms with Crippen LogP contribution in [0.1, 0.15) is 29.6 Å². The minimum atomic E-state index is 0. The molecule has 0 atom stereocenters. The summed E-state index contributed by atoms with van der Waals surface area (Å²) >= 11 is 0. The number of Topliss-reactive ketones (excluding diaryl/α,β-unsaturated/α-hetero) is 1. The van der Waals surface area contributed by atoms with Gasteiger partial charge >= 0.3 is 0 Å². The third-order valence-corrected chi connectivity index (χ3v) is 4.18. The van der Waals surface area contributed by atoms with Gasteiger partial charge in [-0.2, -0.15) is 0 Å². The fraction of sp³-hybridized carbons (Fsp3) is 0.556. The summed E-state index contributed by atoms with van der Waals surface area (Å²) < 4.78 is 5.07. The number of ether oxygens (including phenoxy) is 1. The van der Waals surface area contributed by atoms with E-state index in [0.29, 0.717) is 31.4 Å². The third kappa shape index (κ3) is 7.86. The van der Waals surface area contributed by atoms with Gasteiger partial charge in [-0.3, -0.25) is 14.5 Å². The minimum Gasteiger partial charge on any atom is -0.497 e. The largest absolute Gasteiger partial charge is 0.497 e. The maximum atomic E-state index is 12.1. The zero-order valence-corrected chi connectivity index (χ0v) is 15.6. The van der Waals surface area contributed by atoms with Gasteiger partial charge in [0.15, 0.2) is 5.78 Å². The maximum Gasteiger partial charge on any atom is 0.220 e. The van der Waals surface area contributed by atoms with Crippen LogP contribution in [0.2, 0.25) is 0 Å². The second-order valence-corrected chi connectivity index (χ2v) is 5.95. The molecule has 0 bridgehead atoms. The SMILES string of the molecule is COc1ccc(C(=O)CCCC(=O)NCCN2CCNCC2)cc1.Cl. The lowest BCUT2D eigenvalue weighted by Crippen LogP contribution is -2.46. The van der Waals surface area contributed by atoms with Crippen LogP contribution in [0.3, 0.4) is 0 Å². The summed E-state index contributed by atoms with van der Waals surface area (Å²) in [5, 5.41) is 6.23. The lowest BCUT2D eigenvalue weighted by atomic mass is 10.1.